The van der Waals surface area contributed by atoms with Gasteiger partial charge in [-0.1, -0.05) is 0 Å². The van der Waals surface area contributed by atoms with Crippen molar-refractivity contribution < 1.29 is 14.3 Å². The van der Waals surface area contributed by atoms with E-state index in [1.54, 1.807) is 43.2 Å². The molecule has 1 heterocycles. The third-order valence-electron chi connectivity index (χ3n) is 4.14. The van der Waals surface area contributed by atoms with E-state index in [1.807, 2.05) is 0 Å². The average molecular weight is 371 g/mol. The Kier molecular flexibility index (Phi) is 8.68. The summed E-state index contributed by atoms with van der Waals surface area (Å²) in [6.07, 6.45) is 0. The van der Waals surface area contributed by atoms with Gasteiger partial charge in [-0.3, -0.25) is 14.5 Å². The van der Waals surface area contributed by atoms with Crippen LogP contribution in [0.15, 0.2) is 24.3 Å². The molecule has 7 nitrogen and oxygen atoms in total. The lowest BCUT2D eigenvalue weighted by molar-refractivity contribution is -0.133. The molecule has 1 saturated heterocycles. The van der Waals surface area contributed by atoms with Crippen LogP contribution in [0, 0.1) is 0 Å². The maximum atomic E-state index is 12.1. The average Bonchev–Trinajstić information content (AvgIpc) is 2.61. The molecule has 0 aromatic heterocycles. The summed E-state index contributed by atoms with van der Waals surface area (Å²) in [5.41, 5.74) is 6.24. The lowest BCUT2D eigenvalue weighted by Crippen LogP contribution is -2.53. The number of ether oxygens (including phenoxy) is 1. The molecule has 1 atom stereocenters. The molecule has 1 fully saturated rings. The van der Waals surface area contributed by atoms with Crippen molar-refractivity contribution in [2.45, 2.75) is 13.0 Å². The van der Waals surface area contributed by atoms with Crippen LogP contribution < -0.4 is 15.8 Å². The molecule has 0 radical (unpaired) electrons. The molecule has 1 unspecified atom stereocenters. The van der Waals surface area contributed by atoms with E-state index in [2.05, 4.69) is 10.2 Å². The Hall–Kier alpha value is -1.83. The number of rotatable bonds is 6. The van der Waals surface area contributed by atoms with E-state index in [-0.39, 0.29) is 24.2 Å². The van der Waals surface area contributed by atoms with Crippen molar-refractivity contribution in [3.05, 3.63) is 29.8 Å². The topological polar surface area (TPSA) is 87.9 Å². The largest absolute Gasteiger partial charge is 0.497 e. The number of carbonyl (C=O) groups is 2. The van der Waals surface area contributed by atoms with Crippen LogP contribution in [0.4, 0.5) is 0 Å². The van der Waals surface area contributed by atoms with Crippen molar-refractivity contribution in [2.24, 2.45) is 5.73 Å². The summed E-state index contributed by atoms with van der Waals surface area (Å²) in [5, 5.41) is 2.91. The first-order valence-corrected chi connectivity index (χ1v) is 8.20. The molecule has 1 aliphatic rings. The zero-order valence-electron chi connectivity index (χ0n) is 14.7. The van der Waals surface area contributed by atoms with Crippen LogP contribution in [0.1, 0.15) is 17.3 Å². The summed E-state index contributed by atoms with van der Waals surface area (Å²) in [6, 6.07) is 6.58. The maximum absolute atomic E-state index is 12.1. The number of nitrogens with two attached hydrogens (primary N) is 1. The second-order valence-electron chi connectivity index (χ2n) is 5.94. The lowest BCUT2D eigenvalue weighted by Gasteiger charge is -2.35. The maximum Gasteiger partial charge on any atom is 0.251 e. The van der Waals surface area contributed by atoms with E-state index in [0.717, 1.165) is 25.4 Å². The molecule has 0 spiro atoms. The van der Waals surface area contributed by atoms with Gasteiger partial charge >= 0.3 is 0 Å². The number of halogens is 1. The van der Waals surface area contributed by atoms with Gasteiger partial charge in [-0.15, -0.1) is 12.4 Å². The van der Waals surface area contributed by atoms with Gasteiger partial charge in [-0.25, -0.2) is 0 Å². The van der Waals surface area contributed by atoms with Crippen molar-refractivity contribution in [2.75, 3.05) is 46.4 Å². The molecule has 8 heteroatoms. The molecular weight excluding hydrogens is 344 g/mol. The Morgan fingerprint density at radius 1 is 1.20 bits per heavy atom. The molecule has 3 N–H and O–H groups in total. The number of nitrogens with one attached hydrogen (secondary N) is 1. The fourth-order valence-corrected chi connectivity index (χ4v) is 2.65. The highest BCUT2D eigenvalue weighted by atomic mass is 35.5. The van der Waals surface area contributed by atoms with Gasteiger partial charge in [0.2, 0.25) is 5.91 Å². The molecule has 140 valence electrons. The minimum Gasteiger partial charge on any atom is -0.497 e. The molecule has 1 aromatic rings. The molecule has 0 aliphatic carbocycles. The third-order valence-corrected chi connectivity index (χ3v) is 4.14. The second-order valence-corrected chi connectivity index (χ2v) is 5.94. The van der Waals surface area contributed by atoms with E-state index in [0.29, 0.717) is 25.2 Å². The summed E-state index contributed by atoms with van der Waals surface area (Å²) in [4.78, 5) is 27.9. The van der Waals surface area contributed by atoms with Gasteiger partial charge in [0.15, 0.2) is 0 Å². The minimum atomic E-state index is -0.444. The molecule has 1 aliphatic heterocycles. The van der Waals surface area contributed by atoms with Gasteiger partial charge in [0.25, 0.3) is 5.91 Å². The molecule has 2 amide bonds. The van der Waals surface area contributed by atoms with Gasteiger partial charge in [0.05, 0.1) is 13.2 Å². The summed E-state index contributed by atoms with van der Waals surface area (Å²) in [5.74, 6) is 0.636. The Morgan fingerprint density at radius 3 is 2.32 bits per heavy atom. The van der Waals surface area contributed by atoms with Crippen LogP contribution >= 0.6 is 12.4 Å². The minimum absolute atomic E-state index is 0. The number of piperazine rings is 1. The van der Waals surface area contributed by atoms with E-state index in [4.69, 9.17) is 10.5 Å². The van der Waals surface area contributed by atoms with Crippen molar-refractivity contribution in [3.8, 4) is 5.75 Å². The lowest BCUT2D eigenvalue weighted by atomic mass is 10.2. The number of methoxy groups -OCH3 is 1. The Balaban J connectivity index is 0.00000312. The monoisotopic (exact) mass is 370 g/mol. The summed E-state index contributed by atoms with van der Waals surface area (Å²) in [7, 11) is 1.59. The first-order valence-electron chi connectivity index (χ1n) is 8.20. The van der Waals surface area contributed by atoms with Gasteiger partial charge < -0.3 is 20.7 Å². The highest BCUT2D eigenvalue weighted by Crippen LogP contribution is 2.11. The Bertz CT molecular complexity index is 558. The standard InChI is InChI=1S/C17H26N4O3.ClH/c1-13(18)17(23)21-11-9-20(10-12-21)8-7-19-16(22)14-3-5-15(24-2)6-4-14;/h3-6,13H,7-12,18H2,1-2H3,(H,19,22);1H. The first kappa shape index (κ1) is 21.2. The second kappa shape index (κ2) is 10.2. The van der Waals surface area contributed by atoms with Crippen LogP contribution in [-0.4, -0.2) is 74.0 Å². The molecule has 2 rings (SSSR count). The Labute approximate surface area is 154 Å². The number of carbonyl (C=O) groups excluding carboxylic acids is 2. The van der Waals surface area contributed by atoms with Crippen LogP contribution in [0.3, 0.4) is 0 Å². The quantitative estimate of drug-likeness (QED) is 0.753. The third kappa shape index (κ3) is 6.19. The number of hydrogen-bond donors (Lipinski definition) is 2. The number of nitrogens with zero attached hydrogens (tertiary/aromatic N) is 2. The number of hydrogen-bond acceptors (Lipinski definition) is 5. The Morgan fingerprint density at radius 2 is 1.80 bits per heavy atom. The molecular formula is C17H27ClN4O3. The smallest absolute Gasteiger partial charge is 0.251 e. The predicted molar refractivity (Wildman–Crippen MR) is 99.2 cm³/mol. The predicted octanol–water partition coefficient (Wildman–Crippen LogP) is 0.338. The van der Waals surface area contributed by atoms with E-state index in [9.17, 15) is 9.59 Å². The fourth-order valence-electron chi connectivity index (χ4n) is 2.65. The highest BCUT2D eigenvalue weighted by molar-refractivity contribution is 5.94. The molecule has 25 heavy (non-hydrogen) atoms. The highest BCUT2D eigenvalue weighted by Gasteiger charge is 2.22. The normalized spacial score (nSPS) is 15.9. The van der Waals surface area contributed by atoms with Crippen molar-refractivity contribution in [1.82, 2.24) is 15.1 Å². The van der Waals surface area contributed by atoms with E-state index >= 15 is 0 Å². The van der Waals surface area contributed by atoms with Crippen LogP contribution in [0.5, 0.6) is 5.75 Å². The van der Waals surface area contributed by atoms with Crippen molar-refractivity contribution in [3.63, 3.8) is 0 Å². The van der Waals surface area contributed by atoms with E-state index in [1.165, 1.54) is 0 Å². The summed E-state index contributed by atoms with van der Waals surface area (Å²) < 4.78 is 5.08. The molecule has 1 aromatic carbocycles. The van der Waals surface area contributed by atoms with Crippen molar-refractivity contribution in [1.29, 1.82) is 0 Å². The van der Waals surface area contributed by atoms with Crippen LogP contribution in [-0.2, 0) is 4.79 Å². The molecule has 0 saturated carbocycles. The number of amides is 2. The number of benzene rings is 1. The van der Waals surface area contributed by atoms with E-state index < -0.39 is 6.04 Å². The van der Waals surface area contributed by atoms with Crippen LogP contribution in [0.2, 0.25) is 0 Å². The van der Waals surface area contributed by atoms with Gasteiger partial charge in [0.1, 0.15) is 5.75 Å². The summed E-state index contributed by atoms with van der Waals surface area (Å²) >= 11 is 0. The fraction of sp³-hybridized carbons (Fsp3) is 0.529. The van der Waals surface area contributed by atoms with Crippen LogP contribution in [0.25, 0.3) is 0 Å². The van der Waals surface area contributed by atoms with Crippen molar-refractivity contribution >= 4 is 24.2 Å². The first-order chi connectivity index (χ1) is 11.5. The molecule has 0 bridgehead atoms. The zero-order chi connectivity index (χ0) is 17.5. The van der Waals surface area contributed by atoms with Gasteiger partial charge in [-0.2, -0.15) is 0 Å². The summed E-state index contributed by atoms with van der Waals surface area (Å²) in [6.45, 7) is 6.03. The van der Waals surface area contributed by atoms with Gasteiger partial charge in [0, 0.05) is 44.8 Å². The SMILES string of the molecule is COc1ccc(C(=O)NCCN2CCN(C(=O)C(C)N)CC2)cc1.Cl. The zero-order valence-corrected chi connectivity index (χ0v) is 15.6. The van der Waals surface area contributed by atoms with Gasteiger partial charge in [-0.05, 0) is 31.2 Å².